The van der Waals surface area contributed by atoms with Crippen molar-refractivity contribution in [3.63, 3.8) is 0 Å². The van der Waals surface area contributed by atoms with E-state index in [-0.39, 0.29) is 24.7 Å². The van der Waals surface area contributed by atoms with Crippen LogP contribution in [0.3, 0.4) is 0 Å². The molecule has 2 atom stereocenters. The third-order valence-corrected chi connectivity index (χ3v) is 6.64. The molecular formula is C26H34N3O3S+. The van der Waals surface area contributed by atoms with Gasteiger partial charge in [0, 0.05) is 43.4 Å². The van der Waals surface area contributed by atoms with Gasteiger partial charge in [0.1, 0.15) is 18.4 Å². The second-order valence-corrected chi connectivity index (χ2v) is 9.89. The summed E-state index contributed by atoms with van der Waals surface area (Å²) in [6.45, 7) is 7.71. The first-order valence-corrected chi connectivity index (χ1v) is 12.3. The number of rotatable bonds is 7. The van der Waals surface area contributed by atoms with E-state index in [1.54, 1.807) is 29.7 Å². The van der Waals surface area contributed by atoms with Gasteiger partial charge in [0.15, 0.2) is 0 Å². The molecule has 0 fully saturated rings. The van der Waals surface area contributed by atoms with Gasteiger partial charge in [0.2, 0.25) is 0 Å². The van der Waals surface area contributed by atoms with Crippen molar-refractivity contribution in [3.05, 3.63) is 53.9 Å². The van der Waals surface area contributed by atoms with Crippen LogP contribution >= 0.6 is 11.9 Å². The number of ether oxygens (including phenoxy) is 1. The molecule has 2 unspecified atom stereocenters. The van der Waals surface area contributed by atoms with E-state index in [1.807, 2.05) is 37.3 Å². The number of aliphatic hydroxyl groups is 1. The largest absolute Gasteiger partial charge is 0.483 e. The van der Waals surface area contributed by atoms with Crippen LogP contribution in [0.2, 0.25) is 0 Å². The van der Waals surface area contributed by atoms with E-state index in [2.05, 4.69) is 35.0 Å². The first-order chi connectivity index (χ1) is 15.9. The lowest BCUT2D eigenvalue weighted by molar-refractivity contribution is -0.575. The fourth-order valence-electron chi connectivity index (χ4n) is 3.40. The maximum atomic E-state index is 12.5. The van der Waals surface area contributed by atoms with Crippen LogP contribution in [-0.4, -0.2) is 52.1 Å². The number of pyridine rings is 1. The molecule has 6 nitrogen and oxygen atoms in total. The van der Waals surface area contributed by atoms with E-state index in [0.717, 1.165) is 41.2 Å². The zero-order chi connectivity index (χ0) is 23.6. The highest BCUT2D eigenvalue weighted by molar-refractivity contribution is 7.97. The molecule has 0 radical (unpaired) electrons. The van der Waals surface area contributed by atoms with Gasteiger partial charge in [-0.1, -0.05) is 31.8 Å². The SMILES string of the molecule is CC(C)CC#Cc1ccc2c(c1)OC(C[NH2+]C(=O)Cc1cccnc1)CCN(C(C)CO)S2. The molecule has 0 saturated heterocycles. The minimum absolute atomic E-state index is 0.0169. The molecule has 2 aromatic rings. The number of fused-ring (bicyclic) bond motifs is 1. The quantitative estimate of drug-likeness (QED) is 0.481. The predicted octanol–water partition coefficient (Wildman–Crippen LogP) is 2.65. The van der Waals surface area contributed by atoms with Crippen LogP contribution < -0.4 is 10.1 Å². The smallest absolute Gasteiger partial charge is 0.315 e. The van der Waals surface area contributed by atoms with Crippen molar-refractivity contribution in [2.45, 2.75) is 57.1 Å². The molecule has 7 heteroatoms. The fourth-order valence-corrected chi connectivity index (χ4v) is 4.42. The lowest BCUT2D eigenvalue weighted by Crippen LogP contribution is -2.90. The molecule has 3 N–H and O–H groups in total. The molecule has 0 saturated carbocycles. The summed E-state index contributed by atoms with van der Waals surface area (Å²) < 4.78 is 8.58. The lowest BCUT2D eigenvalue weighted by atomic mass is 10.1. The van der Waals surface area contributed by atoms with Crippen molar-refractivity contribution >= 4 is 17.9 Å². The average molecular weight is 469 g/mol. The van der Waals surface area contributed by atoms with E-state index in [1.165, 1.54) is 0 Å². The zero-order valence-electron chi connectivity index (χ0n) is 19.7. The van der Waals surface area contributed by atoms with E-state index in [0.29, 0.717) is 18.9 Å². The molecule has 0 bridgehead atoms. The Kier molecular flexibility index (Phi) is 9.76. The Bertz CT molecular complexity index is 972. The first-order valence-electron chi connectivity index (χ1n) is 11.5. The summed E-state index contributed by atoms with van der Waals surface area (Å²) in [6.07, 6.45) is 5.25. The molecule has 0 spiro atoms. The molecule has 33 heavy (non-hydrogen) atoms. The van der Waals surface area contributed by atoms with Crippen LogP contribution in [0.4, 0.5) is 0 Å². The molecule has 1 aromatic heterocycles. The van der Waals surface area contributed by atoms with Crippen molar-refractivity contribution in [2.24, 2.45) is 5.92 Å². The lowest BCUT2D eigenvalue weighted by Gasteiger charge is -2.31. The third-order valence-electron chi connectivity index (χ3n) is 5.33. The molecule has 176 valence electrons. The standard InChI is InChI=1S/C26H33N3O3S/c1-19(2)6-4-7-21-9-10-25-24(14-21)32-23(11-13-29(33-25)20(3)18-30)17-28-26(31)15-22-8-5-12-27-16-22/h5,8-10,12,14,16,19-20,23,30H,6,11,13,15,17-18H2,1-3H3,(H,28,31)/p+1. The third kappa shape index (κ3) is 8.17. The number of primary amides is 1. The van der Waals surface area contributed by atoms with Gasteiger partial charge in [-0.3, -0.25) is 10.3 Å². The molecule has 1 amide bonds. The summed E-state index contributed by atoms with van der Waals surface area (Å²) >= 11 is 1.61. The normalized spacial score (nSPS) is 17.2. The van der Waals surface area contributed by atoms with Gasteiger partial charge in [0.05, 0.1) is 17.9 Å². The van der Waals surface area contributed by atoms with Crippen LogP contribution in [0.25, 0.3) is 0 Å². The number of carbonyl (C=O) groups excluding carboxylic acids is 1. The maximum Gasteiger partial charge on any atom is 0.315 e. The van der Waals surface area contributed by atoms with Crippen molar-refractivity contribution < 1.29 is 20.0 Å². The highest BCUT2D eigenvalue weighted by atomic mass is 32.2. The number of benzene rings is 1. The Balaban J connectivity index is 1.73. The highest BCUT2D eigenvalue weighted by Gasteiger charge is 2.25. The molecule has 2 heterocycles. The summed E-state index contributed by atoms with van der Waals surface area (Å²) in [5.41, 5.74) is 1.83. The molecule has 0 aliphatic carbocycles. The topological polar surface area (TPSA) is 79.3 Å². The maximum absolute atomic E-state index is 12.5. The molecule has 3 rings (SSSR count). The number of hydrogen-bond donors (Lipinski definition) is 2. The Hall–Kier alpha value is -2.37. The number of nitrogens with two attached hydrogens (primary N) is 1. The Morgan fingerprint density at radius 2 is 2.21 bits per heavy atom. The van der Waals surface area contributed by atoms with Gasteiger partial charge in [-0.2, -0.15) is 0 Å². The number of aromatic nitrogens is 1. The number of aliphatic hydroxyl groups excluding tert-OH is 1. The van der Waals surface area contributed by atoms with E-state index >= 15 is 0 Å². The summed E-state index contributed by atoms with van der Waals surface area (Å²) in [4.78, 5) is 17.6. The summed E-state index contributed by atoms with van der Waals surface area (Å²) in [5.74, 6) is 7.86. The van der Waals surface area contributed by atoms with Gasteiger partial charge < -0.3 is 9.84 Å². The second-order valence-electron chi connectivity index (χ2n) is 8.80. The minimum atomic E-state index is -0.130. The van der Waals surface area contributed by atoms with Crippen LogP contribution in [0.15, 0.2) is 47.6 Å². The predicted molar refractivity (Wildman–Crippen MR) is 131 cm³/mol. The van der Waals surface area contributed by atoms with Crippen LogP contribution in [0, 0.1) is 17.8 Å². The number of amides is 1. The van der Waals surface area contributed by atoms with Gasteiger partial charge in [-0.25, -0.2) is 9.10 Å². The Morgan fingerprint density at radius 3 is 2.94 bits per heavy atom. The molecule has 1 aliphatic heterocycles. The number of hydrogen-bond acceptors (Lipinski definition) is 6. The van der Waals surface area contributed by atoms with E-state index < -0.39 is 0 Å². The van der Waals surface area contributed by atoms with Gasteiger partial charge in [-0.15, -0.1) is 0 Å². The highest BCUT2D eigenvalue weighted by Crippen LogP contribution is 2.36. The van der Waals surface area contributed by atoms with E-state index in [4.69, 9.17) is 4.74 Å². The summed E-state index contributed by atoms with van der Waals surface area (Å²) in [7, 11) is 0. The van der Waals surface area contributed by atoms with Crippen LogP contribution in [-0.2, 0) is 11.2 Å². The van der Waals surface area contributed by atoms with Crippen LogP contribution in [0.5, 0.6) is 5.75 Å². The molecule has 1 aliphatic rings. The molecule has 1 aromatic carbocycles. The number of carbonyl (C=O) groups is 1. The zero-order valence-corrected chi connectivity index (χ0v) is 20.5. The van der Waals surface area contributed by atoms with Crippen molar-refractivity contribution in [1.29, 1.82) is 0 Å². The van der Waals surface area contributed by atoms with Crippen LogP contribution in [0.1, 0.15) is 44.7 Å². The second kappa shape index (κ2) is 12.8. The first kappa shape index (κ1) is 25.3. The van der Waals surface area contributed by atoms with Crippen molar-refractivity contribution in [3.8, 4) is 17.6 Å². The van der Waals surface area contributed by atoms with Gasteiger partial charge in [-0.05, 0) is 54.6 Å². The average Bonchev–Trinajstić information content (AvgIpc) is 2.79. The summed E-state index contributed by atoms with van der Waals surface area (Å²) in [5, 5.41) is 11.4. The fraction of sp³-hybridized carbons (Fsp3) is 0.462. The van der Waals surface area contributed by atoms with Crippen molar-refractivity contribution in [1.82, 2.24) is 9.29 Å². The monoisotopic (exact) mass is 468 g/mol. The van der Waals surface area contributed by atoms with Gasteiger partial charge in [0.25, 0.3) is 0 Å². The summed E-state index contributed by atoms with van der Waals surface area (Å²) in [6, 6.07) is 9.82. The molecular weight excluding hydrogens is 434 g/mol. The Labute approximate surface area is 201 Å². The minimum Gasteiger partial charge on any atom is -0.483 e. The van der Waals surface area contributed by atoms with Crippen molar-refractivity contribution in [2.75, 3.05) is 19.7 Å². The Morgan fingerprint density at radius 1 is 1.36 bits per heavy atom. The number of quaternary nitrogens is 1. The number of nitrogens with zero attached hydrogens (tertiary/aromatic N) is 2. The van der Waals surface area contributed by atoms with Gasteiger partial charge >= 0.3 is 5.91 Å². The van der Waals surface area contributed by atoms with E-state index in [9.17, 15) is 9.90 Å².